The number of fused-ring (bicyclic) bond motifs is 1. The Morgan fingerprint density at radius 3 is 2.35 bits per heavy atom. The van der Waals surface area contributed by atoms with Crippen LogP contribution in [0.5, 0.6) is 0 Å². The lowest BCUT2D eigenvalue weighted by molar-refractivity contribution is 0.110. The van der Waals surface area contributed by atoms with Gasteiger partial charge < -0.3 is 0 Å². The minimum Gasteiger partial charge on any atom is -0.298 e. The summed E-state index contributed by atoms with van der Waals surface area (Å²) in [4.78, 5) is 2.60. The van der Waals surface area contributed by atoms with Crippen LogP contribution in [0, 0.1) is 23.2 Å². The van der Waals surface area contributed by atoms with Crippen LogP contribution in [-0.2, 0) is 12.8 Å². The van der Waals surface area contributed by atoms with E-state index in [1.165, 1.54) is 24.0 Å². The summed E-state index contributed by atoms with van der Waals surface area (Å²) in [6.07, 6.45) is 5.79. The quantitative estimate of drug-likeness (QED) is 0.780. The van der Waals surface area contributed by atoms with Gasteiger partial charge in [0.2, 0.25) is 0 Å². The highest BCUT2D eigenvalue weighted by Gasteiger charge is 2.33. The summed E-state index contributed by atoms with van der Waals surface area (Å²) in [6, 6.07) is 11.9. The van der Waals surface area contributed by atoms with Crippen LogP contribution in [0.15, 0.2) is 24.3 Å². The molecule has 1 heterocycles. The lowest BCUT2D eigenvalue weighted by atomic mass is 9.79. The largest absolute Gasteiger partial charge is 0.298 e. The third-order valence-electron chi connectivity index (χ3n) is 5.17. The van der Waals surface area contributed by atoms with Gasteiger partial charge >= 0.3 is 0 Å². The van der Waals surface area contributed by atoms with Crippen LogP contribution in [0.1, 0.15) is 37.3 Å². The van der Waals surface area contributed by atoms with Gasteiger partial charge in [-0.2, -0.15) is 5.26 Å². The van der Waals surface area contributed by atoms with Crippen LogP contribution in [0.3, 0.4) is 0 Å². The van der Waals surface area contributed by atoms with Gasteiger partial charge in [-0.1, -0.05) is 31.2 Å². The van der Waals surface area contributed by atoms with Gasteiger partial charge in [-0.05, 0) is 49.1 Å². The van der Waals surface area contributed by atoms with E-state index in [4.69, 9.17) is 0 Å². The molecule has 1 aliphatic carbocycles. The smallest absolute Gasteiger partial charge is 0.0672 e. The van der Waals surface area contributed by atoms with Gasteiger partial charge in [0.05, 0.1) is 12.0 Å². The third-order valence-corrected chi connectivity index (χ3v) is 5.17. The summed E-state index contributed by atoms with van der Waals surface area (Å²) >= 11 is 0. The van der Waals surface area contributed by atoms with Crippen molar-refractivity contribution in [2.75, 3.05) is 13.1 Å². The summed E-state index contributed by atoms with van der Waals surface area (Å²) in [5, 5.41) is 9.45. The molecule has 1 aromatic rings. The zero-order chi connectivity index (χ0) is 13.9. The van der Waals surface area contributed by atoms with Crippen LogP contribution in [-0.4, -0.2) is 24.0 Å². The van der Waals surface area contributed by atoms with E-state index in [-0.39, 0.29) is 5.92 Å². The number of nitriles is 1. The Hall–Kier alpha value is -1.33. The van der Waals surface area contributed by atoms with Gasteiger partial charge in [-0.25, -0.2) is 0 Å². The highest BCUT2D eigenvalue weighted by molar-refractivity contribution is 5.28. The van der Waals surface area contributed by atoms with E-state index in [1.54, 1.807) is 0 Å². The van der Waals surface area contributed by atoms with Crippen molar-refractivity contribution in [1.29, 1.82) is 5.26 Å². The van der Waals surface area contributed by atoms with E-state index in [9.17, 15) is 5.26 Å². The summed E-state index contributed by atoms with van der Waals surface area (Å²) in [5.74, 6) is 1.02. The predicted molar refractivity (Wildman–Crippen MR) is 81.3 cm³/mol. The molecule has 2 aliphatic rings. The highest BCUT2D eigenvalue weighted by Crippen LogP contribution is 2.33. The molecule has 0 spiro atoms. The third kappa shape index (κ3) is 2.74. The van der Waals surface area contributed by atoms with Crippen molar-refractivity contribution in [3.8, 4) is 6.07 Å². The lowest BCUT2D eigenvalue weighted by Gasteiger charge is -2.39. The molecule has 2 nitrogen and oxygen atoms in total. The summed E-state index contributed by atoms with van der Waals surface area (Å²) in [7, 11) is 0. The topological polar surface area (TPSA) is 27.0 Å². The molecule has 0 aromatic heterocycles. The molecule has 3 rings (SSSR count). The van der Waals surface area contributed by atoms with E-state index in [0.29, 0.717) is 6.04 Å². The molecule has 106 valence electrons. The molecule has 0 amide bonds. The SMILES string of the molecule is CC1CCC(C#N)C(N2CCc3ccccc3CC2)C1. The average molecular weight is 268 g/mol. The minimum absolute atomic E-state index is 0.243. The number of hydrogen-bond acceptors (Lipinski definition) is 2. The van der Waals surface area contributed by atoms with Crippen molar-refractivity contribution in [3.63, 3.8) is 0 Å². The maximum atomic E-state index is 9.45. The Labute approximate surface area is 122 Å². The van der Waals surface area contributed by atoms with Crippen molar-refractivity contribution in [2.24, 2.45) is 11.8 Å². The molecule has 0 bridgehead atoms. The van der Waals surface area contributed by atoms with Crippen molar-refractivity contribution in [3.05, 3.63) is 35.4 Å². The summed E-state index contributed by atoms with van der Waals surface area (Å²) in [5.41, 5.74) is 3.01. The zero-order valence-corrected chi connectivity index (χ0v) is 12.4. The van der Waals surface area contributed by atoms with Gasteiger partial charge in [0, 0.05) is 19.1 Å². The fourth-order valence-electron chi connectivity index (χ4n) is 3.92. The van der Waals surface area contributed by atoms with Crippen LogP contribution in [0.25, 0.3) is 0 Å². The Bertz CT molecular complexity index is 475. The van der Waals surface area contributed by atoms with Gasteiger partial charge in [-0.3, -0.25) is 4.90 Å². The Balaban J connectivity index is 1.74. The monoisotopic (exact) mass is 268 g/mol. The number of hydrogen-bond donors (Lipinski definition) is 0. The van der Waals surface area contributed by atoms with E-state index in [0.717, 1.165) is 38.3 Å². The zero-order valence-electron chi connectivity index (χ0n) is 12.4. The first-order valence-corrected chi connectivity index (χ1v) is 7.98. The summed E-state index contributed by atoms with van der Waals surface area (Å²) in [6.45, 7) is 4.58. The normalized spacial score (nSPS) is 31.1. The number of nitrogens with zero attached hydrogens (tertiary/aromatic N) is 2. The molecule has 1 saturated carbocycles. The van der Waals surface area contributed by atoms with Crippen molar-refractivity contribution in [1.82, 2.24) is 4.90 Å². The Morgan fingerprint density at radius 2 is 1.75 bits per heavy atom. The fourth-order valence-corrected chi connectivity index (χ4v) is 3.92. The van der Waals surface area contributed by atoms with Gasteiger partial charge in [-0.15, -0.1) is 0 Å². The van der Waals surface area contributed by atoms with Gasteiger partial charge in [0.25, 0.3) is 0 Å². The fraction of sp³-hybridized carbons (Fsp3) is 0.611. The van der Waals surface area contributed by atoms with E-state index in [2.05, 4.69) is 42.2 Å². The summed E-state index contributed by atoms with van der Waals surface area (Å²) < 4.78 is 0. The second kappa shape index (κ2) is 5.97. The van der Waals surface area contributed by atoms with E-state index in [1.807, 2.05) is 0 Å². The highest BCUT2D eigenvalue weighted by atomic mass is 15.2. The predicted octanol–water partition coefficient (Wildman–Crippen LogP) is 3.42. The standard InChI is InChI=1S/C18H24N2/c1-14-6-7-17(13-19)18(12-14)20-10-8-15-4-2-3-5-16(15)9-11-20/h2-5,14,17-18H,6-12H2,1H3. The van der Waals surface area contributed by atoms with Gasteiger partial charge in [0.1, 0.15) is 0 Å². The molecular formula is C18H24N2. The molecular weight excluding hydrogens is 244 g/mol. The van der Waals surface area contributed by atoms with Crippen LogP contribution in [0.2, 0.25) is 0 Å². The van der Waals surface area contributed by atoms with Crippen molar-refractivity contribution < 1.29 is 0 Å². The molecule has 3 atom stereocenters. The molecule has 0 N–H and O–H groups in total. The first-order chi connectivity index (χ1) is 9.78. The molecule has 1 aliphatic heterocycles. The molecule has 3 unspecified atom stereocenters. The van der Waals surface area contributed by atoms with Gasteiger partial charge in [0.15, 0.2) is 0 Å². The average Bonchev–Trinajstić information content (AvgIpc) is 2.70. The molecule has 2 heteroatoms. The second-order valence-corrected chi connectivity index (χ2v) is 6.53. The van der Waals surface area contributed by atoms with Crippen LogP contribution in [0.4, 0.5) is 0 Å². The lowest BCUT2D eigenvalue weighted by Crippen LogP contribution is -2.45. The van der Waals surface area contributed by atoms with E-state index < -0.39 is 0 Å². The van der Waals surface area contributed by atoms with Crippen molar-refractivity contribution in [2.45, 2.75) is 45.1 Å². The Morgan fingerprint density at radius 1 is 1.10 bits per heavy atom. The molecule has 0 radical (unpaired) electrons. The van der Waals surface area contributed by atoms with Crippen LogP contribution < -0.4 is 0 Å². The van der Waals surface area contributed by atoms with Crippen LogP contribution >= 0.6 is 0 Å². The minimum atomic E-state index is 0.243. The second-order valence-electron chi connectivity index (χ2n) is 6.53. The van der Waals surface area contributed by atoms with Crippen molar-refractivity contribution >= 4 is 0 Å². The maximum absolute atomic E-state index is 9.45. The first-order valence-electron chi connectivity index (χ1n) is 7.98. The molecule has 20 heavy (non-hydrogen) atoms. The number of rotatable bonds is 1. The van der Waals surface area contributed by atoms with E-state index >= 15 is 0 Å². The molecule has 0 saturated heterocycles. The maximum Gasteiger partial charge on any atom is 0.0672 e. The number of benzene rings is 1. The first kappa shape index (κ1) is 13.6. The molecule has 1 fully saturated rings. The molecule has 1 aromatic carbocycles. The Kier molecular flexibility index (Phi) is 4.08.